The number of aromatic nitrogens is 2. The number of nitrogens with one attached hydrogen (secondary N) is 1. The lowest BCUT2D eigenvalue weighted by atomic mass is 10.1. The van der Waals surface area contributed by atoms with Crippen molar-refractivity contribution in [2.75, 3.05) is 0 Å². The van der Waals surface area contributed by atoms with Crippen LogP contribution in [0.1, 0.15) is 46.6 Å². The van der Waals surface area contributed by atoms with Crippen molar-refractivity contribution in [3.63, 3.8) is 0 Å². The summed E-state index contributed by atoms with van der Waals surface area (Å²) >= 11 is 0. The van der Waals surface area contributed by atoms with Gasteiger partial charge in [-0.15, -0.1) is 0 Å². The molecule has 0 saturated heterocycles. The van der Waals surface area contributed by atoms with Crippen molar-refractivity contribution < 1.29 is 8.78 Å². The number of nitrogens with zero attached hydrogens (tertiary/aromatic N) is 2. The standard InChI is InChI=1S/C22H25F2N3/c1-14-5-7-18(8-6-14)13-27-17(4)20(16(3)26-27)12-25-15(2)19-9-10-21(23)22(24)11-19/h5-11,15,25H,12-13H2,1-4H3. The van der Waals surface area contributed by atoms with Gasteiger partial charge in [0.1, 0.15) is 0 Å². The van der Waals surface area contributed by atoms with Crippen molar-refractivity contribution in [2.45, 2.75) is 46.8 Å². The molecule has 0 amide bonds. The minimum Gasteiger partial charge on any atom is -0.306 e. The molecule has 27 heavy (non-hydrogen) atoms. The Hall–Kier alpha value is -2.53. The first-order valence-electron chi connectivity index (χ1n) is 9.12. The molecule has 0 fully saturated rings. The van der Waals surface area contributed by atoms with Crippen molar-refractivity contribution in [3.8, 4) is 0 Å². The van der Waals surface area contributed by atoms with Crippen molar-refractivity contribution in [1.82, 2.24) is 15.1 Å². The minimum atomic E-state index is -0.824. The second-order valence-electron chi connectivity index (χ2n) is 7.07. The Balaban J connectivity index is 1.70. The molecule has 1 N–H and O–H groups in total. The highest BCUT2D eigenvalue weighted by Gasteiger charge is 2.14. The zero-order valence-corrected chi connectivity index (χ0v) is 16.2. The van der Waals surface area contributed by atoms with E-state index in [1.807, 2.05) is 18.5 Å². The van der Waals surface area contributed by atoms with Gasteiger partial charge in [0, 0.05) is 23.8 Å². The van der Waals surface area contributed by atoms with Crippen LogP contribution in [-0.4, -0.2) is 9.78 Å². The van der Waals surface area contributed by atoms with Crippen LogP contribution >= 0.6 is 0 Å². The van der Waals surface area contributed by atoms with E-state index in [4.69, 9.17) is 0 Å². The molecule has 0 spiro atoms. The summed E-state index contributed by atoms with van der Waals surface area (Å²) in [6.07, 6.45) is 0. The fourth-order valence-electron chi connectivity index (χ4n) is 3.16. The van der Waals surface area contributed by atoms with Gasteiger partial charge in [-0.05, 0) is 51.0 Å². The highest BCUT2D eigenvalue weighted by molar-refractivity contribution is 5.28. The van der Waals surface area contributed by atoms with E-state index in [9.17, 15) is 8.78 Å². The van der Waals surface area contributed by atoms with E-state index in [2.05, 4.69) is 48.5 Å². The lowest BCUT2D eigenvalue weighted by Gasteiger charge is -2.15. The van der Waals surface area contributed by atoms with E-state index in [0.717, 1.165) is 29.1 Å². The molecule has 1 unspecified atom stereocenters. The third kappa shape index (κ3) is 4.42. The van der Waals surface area contributed by atoms with E-state index >= 15 is 0 Å². The van der Waals surface area contributed by atoms with Gasteiger partial charge in [0.25, 0.3) is 0 Å². The van der Waals surface area contributed by atoms with Crippen LogP contribution in [0.3, 0.4) is 0 Å². The highest BCUT2D eigenvalue weighted by atomic mass is 19.2. The van der Waals surface area contributed by atoms with Crippen LogP contribution in [0.4, 0.5) is 8.78 Å². The predicted octanol–water partition coefficient (Wildman–Crippen LogP) is 4.99. The molecular formula is C22H25F2N3. The van der Waals surface area contributed by atoms with Crippen molar-refractivity contribution in [1.29, 1.82) is 0 Å². The second-order valence-corrected chi connectivity index (χ2v) is 7.07. The van der Waals surface area contributed by atoms with Gasteiger partial charge in [-0.25, -0.2) is 8.78 Å². The summed E-state index contributed by atoms with van der Waals surface area (Å²) in [6.45, 7) is 9.42. The average molecular weight is 369 g/mol. The zero-order chi connectivity index (χ0) is 19.6. The van der Waals surface area contributed by atoms with Crippen LogP contribution in [0.25, 0.3) is 0 Å². The molecule has 0 radical (unpaired) electrons. The molecule has 3 nitrogen and oxygen atoms in total. The summed E-state index contributed by atoms with van der Waals surface area (Å²) in [4.78, 5) is 0. The molecule has 3 rings (SSSR count). The van der Waals surface area contributed by atoms with Gasteiger partial charge >= 0.3 is 0 Å². The molecule has 3 aromatic rings. The Morgan fingerprint density at radius 2 is 1.70 bits per heavy atom. The maximum atomic E-state index is 13.5. The van der Waals surface area contributed by atoms with Gasteiger partial charge < -0.3 is 5.32 Å². The largest absolute Gasteiger partial charge is 0.306 e. The zero-order valence-electron chi connectivity index (χ0n) is 16.2. The van der Waals surface area contributed by atoms with Crippen molar-refractivity contribution in [2.24, 2.45) is 0 Å². The maximum Gasteiger partial charge on any atom is 0.159 e. The summed E-state index contributed by atoms with van der Waals surface area (Å²) in [5.41, 5.74) is 6.39. The number of aryl methyl sites for hydroxylation is 2. The second kappa shape index (κ2) is 8.01. The summed E-state index contributed by atoms with van der Waals surface area (Å²) in [5.74, 6) is -1.64. The van der Waals surface area contributed by atoms with Gasteiger partial charge in [0.15, 0.2) is 11.6 Å². The van der Waals surface area contributed by atoms with Crippen LogP contribution < -0.4 is 5.32 Å². The van der Waals surface area contributed by atoms with E-state index in [0.29, 0.717) is 6.54 Å². The Bertz CT molecular complexity index is 929. The molecule has 142 valence electrons. The van der Waals surface area contributed by atoms with Crippen molar-refractivity contribution in [3.05, 3.63) is 87.7 Å². The number of hydrogen-bond donors (Lipinski definition) is 1. The van der Waals surface area contributed by atoms with Crippen LogP contribution in [0, 0.1) is 32.4 Å². The monoisotopic (exact) mass is 369 g/mol. The quantitative estimate of drug-likeness (QED) is 0.664. The number of halogens is 2. The van der Waals surface area contributed by atoms with E-state index < -0.39 is 11.6 Å². The molecule has 1 heterocycles. The highest BCUT2D eigenvalue weighted by Crippen LogP contribution is 2.19. The van der Waals surface area contributed by atoms with E-state index in [-0.39, 0.29) is 6.04 Å². The van der Waals surface area contributed by atoms with Gasteiger partial charge in [0.2, 0.25) is 0 Å². The van der Waals surface area contributed by atoms with E-state index in [1.54, 1.807) is 6.07 Å². The number of rotatable bonds is 6. The Morgan fingerprint density at radius 3 is 2.37 bits per heavy atom. The topological polar surface area (TPSA) is 29.9 Å². The average Bonchev–Trinajstić information content (AvgIpc) is 2.90. The van der Waals surface area contributed by atoms with Crippen LogP contribution in [0.2, 0.25) is 0 Å². The molecule has 1 aromatic heterocycles. The molecule has 0 aliphatic rings. The molecule has 2 aromatic carbocycles. The summed E-state index contributed by atoms with van der Waals surface area (Å²) in [6, 6.07) is 12.4. The lowest BCUT2D eigenvalue weighted by molar-refractivity contribution is 0.500. The van der Waals surface area contributed by atoms with Crippen molar-refractivity contribution >= 4 is 0 Å². The molecule has 0 bridgehead atoms. The number of benzene rings is 2. The van der Waals surface area contributed by atoms with Gasteiger partial charge in [-0.1, -0.05) is 35.9 Å². The smallest absolute Gasteiger partial charge is 0.159 e. The normalized spacial score (nSPS) is 12.4. The third-order valence-corrected chi connectivity index (χ3v) is 5.01. The molecule has 0 saturated carbocycles. The summed E-state index contributed by atoms with van der Waals surface area (Å²) in [7, 11) is 0. The van der Waals surface area contributed by atoms with E-state index in [1.165, 1.54) is 23.3 Å². The third-order valence-electron chi connectivity index (χ3n) is 5.01. The van der Waals surface area contributed by atoms with Crippen LogP contribution in [0.5, 0.6) is 0 Å². The molecule has 5 heteroatoms. The fraction of sp³-hybridized carbons (Fsp3) is 0.318. The maximum absolute atomic E-state index is 13.5. The predicted molar refractivity (Wildman–Crippen MR) is 104 cm³/mol. The Morgan fingerprint density at radius 1 is 1.00 bits per heavy atom. The number of hydrogen-bond acceptors (Lipinski definition) is 2. The lowest BCUT2D eigenvalue weighted by Crippen LogP contribution is -2.19. The minimum absolute atomic E-state index is 0.0978. The summed E-state index contributed by atoms with van der Waals surface area (Å²) < 4.78 is 28.6. The first kappa shape index (κ1) is 19.2. The van der Waals surface area contributed by atoms with Gasteiger partial charge in [-0.2, -0.15) is 5.10 Å². The Labute approximate surface area is 159 Å². The molecule has 1 atom stereocenters. The fourth-order valence-corrected chi connectivity index (χ4v) is 3.16. The van der Waals surface area contributed by atoms with Crippen LogP contribution in [0.15, 0.2) is 42.5 Å². The van der Waals surface area contributed by atoms with Gasteiger partial charge in [0.05, 0.1) is 12.2 Å². The first-order chi connectivity index (χ1) is 12.8. The molecular weight excluding hydrogens is 344 g/mol. The van der Waals surface area contributed by atoms with Gasteiger partial charge in [-0.3, -0.25) is 4.68 Å². The molecule has 0 aliphatic heterocycles. The Kier molecular flexibility index (Phi) is 5.71. The molecule has 0 aliphatic carbocycles. The SMILES string of the molecule is Cc1ccc(Cn2nc(C)c(CNC(C)c3ccc(F)c(F)c3)c2C)cc1. The van der Waals surface area contributed by atoms with Crippen LogP contribution in [-0.2, 0) is 13.1 Å². The first-order valence-corrected chi connectivity index (χ1v) is 9.12. The summed E-state index contributed by atoms with van der Waals surface area (Å²) in [5, 5.41) is 8.06.